The van der Waals surface area contributed by atoms with E-state index in [9.17, 15) is 9.59 Å². The number of anilines is 1. The number of methoxy groups -OCH3 is 1. The Balaban J connectivity index is 1.75. The van der Waals surface area contributed by atoms with Crippen LogP contribution in [0.4, 0.5) is 5.69 Å². The number of nitrogens with zero attached hydrogens (tertiary/aromatic N) is 1. The summed E-state index contributed by atoms with van der Waals surface area (Å²) >= 11 is 0. The first kappa shape index (κ1) is 19.2. The van der Waals surface area contributed by atoms with Gasteiger partial charge in [-0.1, -0.05) is 25.8 Å². The number of carbonyl (C=O) groups excluding carboxylic acids is 2. The Morgan fingerprint density at radius 1 is 1.20 bits per heavy atom. The molecular formula is C19H29N3O3. The molecule has 6 heteroatoms. The third kappa shape index (κ3) is 6.38. The van der Waals surface area contributed by atoms with E-state index in [-0.39, 0.29) is 30.9 Å². The molecule has 1 aromatic carbocycles. The molecule has 0 radical (unpaired) electrons. The van der Waals surface area contributed by atoms with Gasteiger partial charge in [0.05, 0.1) is 20.2 Å². The molecule has 2 atom stereocenters. The Hall–Kier alpha value is -2.08. The van der Waals surface area contributed by atoms with Crippen molar-refractivity contribution < 1.29 is 14.3 Å². The zero-order valence-electron chi connectivity index (χ0n) is 15.4. The van der Waals surface area contributed by atoms with Gasteiger partial charge < -0.3 is 15.4 Å². The Morgan fingerprint density at radius 2 is 1.92 bits per heavy atom. The van der Waals surface area contributed by atoms with E-state index in [0.29, 0.717) is 17.4 Å². The normalized spacial score (nSPS) is 20.2. The molecule has 1 aromatic rings. The zero-order valence-corrected chi connectivity index (χ0v) is 15.4. The molecule has 6 nitrogen and oxygen atoms in total. The fraction of sp³-hybridized carbons (Fsp3) is 0.579. The molecule has 2 rings (SSSR count). The summed E-state index contributed by atoms with van der Waals surface area (Å²) < 4.78 is 5.14. The van der Waals surface area contributed by atoms with Crippen molar-refractivity contribution in [1.29, 1.82) is 0 Å². The number of nitrogens with one attached hydrogen (secondary N) is 2. The van der Waals surface area contributed by atoms with Gasteiger partial charge in [-0.2, -0.15) is 0 Å². The van der Waals surface area contributed by atoms with Gasteiger partial charge in [-0.15, -0.1) is 0 Å². The fourth-order valence-electron chi connectivity index (χ4n) is 3.23. The first-order valence-electron chi connectivity index (χ1n) is 8.89. The number of amides is 2. The molecule has 0 aromatic heterocycles. The van der Waals surface area contributed by atoms with Crippen LogP contribution < -0.4 is 15.4 Å². The maximum atomic E-state index is 12.2. The van der Waals surface area contributed by atoms with Crippen molar-refractivity contribution >= 4 is 17.5 Å². The van der Waals surface area contributed by atoms with Gasteiger partial charge in [-0.05, 0) is 37.9 Å². The van der Waals surface area contributed by atoms with E-state index in [2.05, 4.69) is 17.6 Å². The van der Waals surface area contributed by atoms with Gasteiger partial charge in [0, 0.05) is 17.8 Å². The Labute approximate surface area is 149 Å². The molecule has 0 unspecified atom stereocenters. The van der Waals surface area contributed by atoms with Crippen LogP contribution >= 0.6 is 0 Å². The Morgan fingerprint density at radius 3 is 2.64 bits per heavy atom. The Bertz CT molecular complexity index is 591. The highest BCUT2D eigenvalue weighted by molar-refractivity contribution is 5.92. The molecule has 0 heterocycles. The van der Waals surface area contributed by atoms with Crippen molar-refractivity contribution in [2.75, 3.05) is 32.6 Å². The molecule has 1 aliphatic carbocycles. The van der Waals surface area contributed by atoms with Crippen molar-refractivity contribution in [3.05, 3.63) is 24.3 Å². The van der Waals surface area contributed by atoms with Crippen molar-refractivity contribution in [1.82, 2.24) is 10.2 Å². The van der Waals surface area contributed by atoms with Crippen LogP contribution in [0.25, 0.3) is 0 Å². The summed E-state index contributed by atoms with van der Waals surface area (Å²) in [5, 5.41) is 5.93. The molecule has 0 saturated heterocycles. The minimum Gasteiger partial charge on any atom is -0.497 e. The highest BCUT2D eigenvalue weighted by Crippen LogP contribution is 2.23. The van der Waals surface area contributed by atoms with Crippen LogP contribution in [0.5, 0.6) is 5.75 Å². The summed E-state index contributed by atoms with van der Waals surface area (Å²) in [5.74, 6) is 1.04. The van der Waals surface area contributed by atoms with Crippen LogP contribution in [0.15, 0.2) is 24.3 Å². The summed E-state index contributed by atoms with van der Waals surface area (Å²) in [6.45, 7) is 2.56. The topological polar surface area (TPSA) is 70.7 Å². The summed E-state index contributed by atoms with van der Waals surface area (Å²) in [5.41, 5.74) is 0.679. The van der Waals surface area contributed by atoms with E-state index in [1.165, 1.54) is 19.3 Å². The molecular weight excluding hydrogens is 318 g/mol. The second-order valence-corrected chi connectivity index (χ2v) is 6.89. The largest absolute Gasteiger partial charge is 0.497 e. The molecule has 138 valence electrons. The lowest BCUT2D eigenvalue weighted by molar-refractivity contribution is -0.124. The summed E-state index contributed by atoms with van der Waals surface area (Å²) in [6.07, 6.45) is 4.64. The second-order valence-electron chi connectivity index (χ2n) is 6.89. The maximum absolute atomic E-state index is 12.2. The quantitative estimate of drug-likeness (QED) is 0.794. The van der Waals surface area contributed by atoms with Crippen molar-refractivity contribution in [2.24, 2.45) is 5.92 Å². The molecule has 1 saturated carbocycles. The van der Waals surface area contributed by atoms with Gasteiger partial charge >= 0.3 is 0 Å². The first-order chi connectivity index (χ1) is 12.0. The fourth-order valence-corrected chi connectivity index (χ4v) is 3.23. The summed E-state index contributed by atoms with van der Waals surface area (Å²) in [6, 6.07) is 7.46. The lowest BCUT2D eigenvalue weighted by atomic mass is 9.86. The predicted octanol–water partition coefficient (Wildman–Crippen LogP) is 2.26. The number of rotatable bonds is 7. The molecule has 0 bridgehead atoms. The molecule has 25 heavy (non-hydrogen) atoms. The van der Waals surface area contributed by atoms with Crippen molar-refractivity contribution in [3.8, 4) is 5.75 Å². The first-order valence-corrected chi connectivity index (χ1v) is 8.89. The predicted molar refractivity (Wildman–Crippen MR) is 98.7 cm³/mol. The highest BCUT2D eigenvalue weighted by Gasteiger charge is 2.23. The van der Waals surface area contributed by atoms with E-state index >= 15 is 0 Å². The van der Waals surface area contributed by atoms with Gasteiger partial charge in [-0.25, -0.2) is 0 Å². The number of hydrogen-bond donors (Lipinski definition) is 2. The lowest BCUT2D eigenvalue weighted by Crippen LogP contribution is -2.46. The van der Waals surface area contributed by atoms with Crippen LogP contribution in [0.2, 0.25) is 0 Å². The van der Waals surface area contributed by atoms with Gasteiger partial charge in [0.2, 0.25) is 11.8 Å². The van der Waals surface area contributed by atoms with Crippen LogP contribution in [-0.2, 0) is 9.59 Å². The molecule has 2 amide bonds. The number of likely N-dealkylation sites (N-methyl/N-ethyl adjacent to an activating group) is 1. The minimum absolute atomic E-state index is 0.0181. The Kier molecular flexibility index (Phi) is 7.25. The number of carbonyl (C=O) groups is 2. The van der Waals surface area contributed by atoms with Gasteiger partial charge in [0.15, 0.2) is 0 Å². The van der Waals surface area contributed by atoms with Crippen LogP contribution in [0, 0.1) is 5.92 Å². The second kappa shape index (κ2) is 9.42. The highest BCUT2D eigenvalue weighted by atomic mass is 16.5. The minimum atomic E-state index is -0.158. The average molecular weight is 347 g/mol. The van der Waals surface area contributed by atoms with E-state index in [0.717, 1.165) is 6.42 Å². The van der Waals surface area contributed by atoms with Gasteiger partial charge in [0.25, 0.3) is 0 Å². The maximum Gasteiger partial charge on any atom is 0.238 e. The third-order valence-corrected chi connectivity index (χ3v) is 4.64. The lowest BCUT2D eigenvalue weighted by Gasteiger charge is -2.30. The van der Waals surface area contributed by atoms with E-state index in [4.69, 9.17) is 4.74 Å². The third-order valence-electron chi connectivity index (χ3n) is 4.64. The van der Waals surface area contributed by atoms with E-state index in [1.807, 2.05) is 12.1 Å². The molecule has 0 spiro atoms. The van der Waals surface area contributed by atoms with Crippen LogP contribution in [0.3, 0.4) is 0 Å². The summed E-state index contributed by atoms with van der Waals surface area (Å²) in [7, 11) is 3.36. The summed E-state index contributed by atoms with van der Waals surface area (Å²) in [4.78, 5) is 26.0. The molecule has 2 N–H and O–H groups in total. The average Bonchev–Trinajstić information content (AvgIpc) is 2.56. The zero-order chi connectivity index (χ0) is 18.2. The monoisotopic (exact) mass is 347 g/mol. The molecule has 1 aliphatic rings. The molecule has 0 aliphatic heterocycles. The molecule has 1 fully saturated rings. The van der Waals surface area contributed by atoms with Crippen molar-refractivity contribution in [2.45, 2.75) is 38.6 Å². The standard InChI is InChI=1S/C19H29N3O3/c1-14-7-4-5-10-17(14)21-19(24)13-22(2)12-18(23)20-15-8-6-9-16(11-15)25-3/h6,8-9,11,14,17H,4-5,7,10,12-13H2,1-3H3,(H,20,23)(H,21,24)/t14-,17+/m0/s1. The van der Waals surface area contributed by atoms with Crippen LogP contribution in [-0.4, -0.2) is 50.0 Å². The SMILES string of the molecule is COc1cccc(NC(=O)CN(C)CC(=O)N[C@@H]2CCCC[C@@H]2C)c1. The number of benzene rings is 1. The van der Waals surface area contributed by atoms with E-state index < -0.39 is 0 Å². The number of ether oxygens (including phenoxy) is 1. The van der Waals surface area contributed by atoms with Gasteiger partial charge in [-0.3, -0.25) is 14.5 Å². The number of hydrogen-bond acceptors (Lipinski definition) is 4. The smallest absolute Gasteiger partial charge is 0.238 e. The van der Waals surface area contributed by atoms with Gasteiger partial charge in [0.1, 0.15) is 5.75 Å². The van der Waals surface area contributed by atoms with E-state index in [1.54, 1.807) is 31.2 Å². The van der Waals surface area contributed by atoms with Crippen molar-refractivity contribution in [3.63, 3.8) is 0 Å². The van der Waals surface area contributed by atoms with Crippen LogP contribution in [0.1, 0.15) is 32.6 Å².